The first-order valence-corrected chi connectivity index (χ1v) is 5.06. The zero-order valence-corrected chi connectivity index (χ0v) is 10.3. The molecule has 17 heavy (non-hydrogen) atoms. The van der Waals surface area contributed by atoms with Crippen molar-refractivity contribution in [3.8, 4) is 0 Å². The van der Waals surface area contributed by atoms with E-state index in [1.807, 2.05) is 0 Å². The summed E-state index contributed by atoms with van der Waals surface area (Å²) >= 11 is 0. The van der Waals surface area contributed by atoms with Gasteiger partial charge in [0.1, 0.15) is 0 Å². The Labute approximate surface area is 99.4 Å². The quantitative estimate of drug-likeness (QED) is 0.783. The van der Waals surface area contributed by atoms with Crippen LogP contribution in [0.15, 0.2) is 12.4 Å². The van der Waals surface area contributed by atoms with Gasteiger partial charge in [0.2, 0.25) is 5.91 Å². The van der Waals surface area contributed by atoms with Crippen LogP contribution in [0.1, 0.15) is 31.3 Å². The van der Waals surface area contributed by atoms with Crippen molar-refractivity contribution in [1.29, 1.82) is 0 Å². The summed E-state index contributed by atoms with van der Waals surface area (Å²) < 4.78 is 4.48. The van der Waals surface area contributed by atoms with Gasteiger partial charge in [0, 0.05) is 5.41 Å². The highest BCUT2D eigenvalue weighted by atomic mass is 16.5. The van der Waals surface area contributed by atoms with E-state index in [9.17, 15) is 9.59 Å². The Morgan fingerprint density at radius 2 is 1.88 bits per heavy atom. The van der Waals surface area contributed by atoms with E-state index in [2.05, 4.69) is 20.0 Å². The zero-order chi connectivity index (χ0) is 13.1. The normalized spacial score (nSPS) is 10.8. The Kier molecular flexibility index (Phi) is 3.77. The second kappa shape index (κ2) is 4.90. The Morgan fingerprint density at radius 1 is 1.24 bits per heavy atom. The average Bonchev–Trinajstić information content (AvgIpc) is 2.27. The molecule has 0 unspecified atom stereocenters. The van der Waals surface area contributed by atoms with Gasteiger partial charge in [-0.1, -0.05) is 20.8 Å². The number of hydrogen-bond donors (Lipinski definition) is 1. The maximum Gasteiger partial charge on any atom is 0.358 e. The molecule has 6 nitrogen and oxygen atoms in total. The first kappa shape index (κ1) is 13.1. The van der Waals surface area contributed by atoms with E-state index in [0.717, 1.165) is 0 Å². The van der Waals surface area contributed by atoms with Crippen molar-refractivity contribution in [3.63, 3.8) is 0 Å². The fourth-order valence-corrected chi connectivity index (χ4v) is 0.906. The second-order valence-electron chi connectivity index (χ2n) is 4.48. The van der Waals surface area contributed by atoms with Crippen molar-refractivity contribution in [2.24, 2.45) is 5.41 Å². The largest absolute Gasteiger partial charge is 0.464 e. The maximum atomic E-state index is 11.6. The van der Waals surface area contributed by atoms with Crippen molar-refractivity contribution < 1.29 is 14.3 Å². The maximum absolute atomic E-state index is 11.6. The van der Waals surface area contributed by atoms with Crippen LogP contribution in [-0.4, -0.2) is 29.0 Å². The van der Waals surface area contributed by atoms with Crippen molar-refractivity contribution in [1.82, 2.24) is 9.97 Å². The summed E-state index contributed by atoms with van der Waals surface area (Å²) in [5.41, 5.74) is -0.413. The van der Waals surface area contributed by atoms with Gasteiger partial charge in [0.25, 0.3) is 0 Å². The Morgan fingerprint density at radius 3 is 2.29 bits per heavy atom. The molecule has 0 aliphatic rings. The molecule has 1 N–H and O–H groups in total. The molecular formula is C11H15N3O3. The number of carbonyl (C=O) groups excluding carboxylic acids is 2. The van der Waals surface area contributed by atoms with Crippen LogP contribution >= 0.6 is 0 Å². The van der Waals surface area contributed by atoms with E-state index in [0.29, 0.717) is 5.82 Å². The van der Waals surface area contributed by atoms with Crippen LogP contribution in [0.25, 0.3) is 0 Å². The summed E-state index contributed by atoms with van der Waals surface area (Å²) in [7, 11) is 1.26. The fraction of sp³-hybridized carbons (Fsp3) is 0.455. The van der Waals surface area contributed by atoms with E-state index in [-0.39, 0.29) is 11.6 Å². The summed E-state index contributed by atoms with van der Waals surface area (Å²) in [6.45, 7) is 5.37. The molecule has 0 bridgehead atoms. The van der Waals surface area contributed by atoms with Crippen molar-refractivity contribution >= 4 is 17.7 Å². The summed E-state index contributed by atoms with van der Waals surface area (Å²) in [4.78, 5) is 30.5. The summed E-state index contributed by atoms with van der Waals surface area (Å²) in [6.07, 6.45) is 2.57. The van der Waals surface area contributed by atoms with Crippen LogP contribution in [0.4, 0.5) is 5.82 Å². The second-order valence-corrected chi connectivity index (χ2v) is 4.48. The molecule has 1 heterocycles. The van der Waals surface area contributed by atoms with Gasteiger partial charge < -0.3 is 10.1 Å². The van der Waals surface area contributed by atoms with Crippen LogP contribution < -0.4 is 5.32 Å². The molecule has 0 radical (unpaired) electrons. The molecule has 1 aromatic rings. The number of carbonyl (C=O) groups is 2. The number of esters is 1. The highest BCUT2D eigenvalue weighted by Crippen LogP contribution is 2.15. The molecule has 6 heteroatoms. The standard InChI is InChI=1S/C11H15N3O3/c1-11(2,3)10(16)14-8-6-12-7(5-13-8)9(15)17-4/h5-6H,1-4H3,(H,13,14,16). The molecule has 0 aliphatic heterocycles. The van der Waals surface area contributed by atoms with E-state index in [1.165, 1.54) is 19.5 Å². The van der Waals surface area contributed by atoms with E-state index >= 15 is 0 Å². The van der Waals surface area contributed by atoms with Gasteiger partial charge in [0.05, 0.1) is 19.5 Å². The third kappa shape index (κ3) is 3.51. The average molecular weight is 237 g/mol. The lowest BCUT2D eigenvalue weighted by molar-refractivity contribution is -0.123. The SMILES string of the molecule is COC(=O)c1cnc(NC(=O)C(C)(C)C)cn1. The molecule has 92 valence electrons. The minimum Gasteiger partial charge on any atom is -0.464 e. The number of nitrogens with one attached hydrogen (secondary N) is 1. The third-order valence-electron chi connectivity index (χ3n) is 1.97. The number of nitrogens with zero attached hydrogens (tertiary/aromatic N) is 2. The molecule has 0 saturated carbocycles. The van der Waals surface area contributed by atoms with Gasteiger partial charge >= 0.3 is 5.97 Å². The zero-order valence-electron chi connectivity index (χ0n) is 10.3. The van der Waals surface area contributed by atoms with Gasteiger partial charge in [0.15, 0.2) is 11.5 Å². The number of methoxy groups -OCH3 is 1. The predicted octanol–water partition coefficient (Wildman–Crippen LogP) is 1.25. The Hall–Kier alpha value is -1.98. The van der Waals surface area contributed by atoms with Crippen LogP contribution in [0, 0.1) is 5.41 Å². The lowest BCUT2D eigenvalue weighted by atomic mass is 9.96. The number of anilines is 1. The molecule has 0 atom stereocenters. The molecule has 0 spiro atoms. The molecule has 0 aliphatic carbocycles. The minimum atomic E-state index is -0.564. The number of hydrogen-bond acceptors (Lipinski definition) is 5. The number of rotatable bonds is 2. The van der Waals surface area contributed by atoms with E-state index in [4.69, 9.17) is 0 Å². The number of aromatic nitrogens is 2. The van der Waals surface area contributed by atoms with Crippen LogP contribution in [0.5, 0.6) is 0 Å². The van der Waals surface area contributed by atoms with Crippen LogP contribution in [0.2, 0.25) is 0 Å². The lowest BCUT2D eigenvalue weighted by Gasteiger charge is -2.16. The van der Waals surface area contributed by atoms with Gasteiger partial charge in [-0.15, -0.1) is 0 Å². The first-order chi connectivity index (χ1) is 7.84. The summed E-state index contributed by atoms with van der Waals surface area (Å²) in [6, 6.07) is 0. The van der Waals surface area contributed by atoms with E-state index < -0.39 is 11.4 Å². The number of ether oxygens (including phenoxy) is 1. The molecule has 1 rings (SSSR count). The van der Waals surface area contributed by atoms with Crippen LogP contribution in [-0.2, 0) is 9.53 Å². The van der Waals surface area contributed by atoms with Gasteiger partial charge in [-0.3, -0.25) is 4.79 Å². The van der Waals surface area contributed by atoms with Gasteiger partial charge in [-0.05, 0) is 0 Å². The molecular weight excluding hydrogens is 222 g/mol. The predicted molar refractivity (Wildman–Crippen MR) is 61.5 cm³/mol. The summed E-state index contributed by atoms with van der Waals surface area (Å²) in [5, 5.41) is 2.60. The third-order valence-corrected chi connectivity index (χ3v) is 1.97. The molecule has 0 fully saturated rings. The highest BCUT2D eigenvalue weighted by molar-refractivity contribution is 5.93. The molecule has 1 aromatic heterocycles. The van der Waals surface area contributed by atoms with Crippen molar-refractivity contribution in [3.05, 3.63) is 18.1 Å². The Balaban J connectivity index is 2.76. The van der Waals surface area contributed by atoms with Crippen LogP contribution in [0.3, 0.4) is 0 Å². The molecule has 0 aromatic carbocycles. The van der Waals surface area contributed by atoms with E-state index in [1.54, 1.807) is 20.8 Å². The fourth-order valence-electron chi connectivity index (χ4n) is 0.906. The van der Waals surface area contributed by atoms with Crippen molar-refractivity contribution in [2.45, 2.75) is 20.8 Å². The Bertz CT molecular complexity index is 421. The monoisotopic (exact) mass is 237 g/mol. The van der Waals surface area contributed by atoms with Crippen molar-refractivity contribution in [2.75, 3.05) is 12.4 Å². The lowest BCUT2D eigenvalue weighted by Crippen LogP contribution is -2.28. The minimum absolute atomic E-state index is 0.0984. The number of amides is 1. The topological polar surface area (TPSA) is 81.2 Å². The smallest absolute Gasteiger partial charge is 0.358 e. The summed E-state index contributed by atoms with van der Waals surface area (Å²) in [5.74, 6) is -0.429. The first-order valence-electron chi connectivity index (χ1n) is 5.06. The highest BCUT2D eigenvalue weighted by Gasteiger charge is 2.21. The molecule has 0 saturated heterocycles. The molecule has 1 amide bonds. The van der Waals surface area contributed by atoms with Gasteiger partial charge in [-0.25, -0.2) is 14.8 Å². The van der Waals surface area contributed by atoms with Gasteiger partial charge in [-0.2, -0.15) is 0 Å².